The third-order valence-electron chi connectivity index (χ3n) is 5.34. The van der Waals surface area contributed by atoms with Crippen molar-refractivity contribution >= 4 is 29.5 Å². The lowest BCUT2D eigenvalue weighted by Crippen LogP contribution is -2.17. The Morgan fingerprint density at radius 1 is 0.800 bits per heavy atom. The molecule has 148 valence electrons. The van der Waals surface area contributed by atoms with E-state index in [0.717, 1.165) is 25.7 Å². The van der Waals surface area contributed by atoms with E-state index in [-0.39, 0.29) is 5.92 Å². The normalized spacial score (nSPS) is 17.1. The maximum Gasteiger partial charge on any atom is 0.125 e. The highest BCUT2D eigenvalue weighted by atomic mass is 35.5. The van der Waals surface area contributed by atoms with Gasteiger partial charge in [0.15, 0.2) is 0 Å². The molecule has 1 saturated carbocycles. The van der Waals surface area contributed by atoms with Gasteiger partial charge in [0.05, 0.1) is 6.10 Å². The van der Waals surface area contributed by atoms with Crippen LogP contribution in [0.5, 0.6) is 0 Å². The van der Waals surface area contributed by atoms with Gasteiger partial charge in [-0.2, -0.15) is 0 Å². The van der Waals surface area contributed by atoms with Gasteiger partial charge in [-0.05, 0) is 25.7 Å². The summed E-state index contributed by atoms with van der Waals surface area (Å²) in [6.07, 6.45) is 21.7. The van der Waals surface area contributed by atoms with E-state index in [0.29, 0.717) is 6.10 Å². The number of rotatable bonds is 16. The summed E-state index contributed by atoms with van der Waals surface area (Å²) in [5.41, 5.74) is 0. The molecule has 25 heavy (non-hydrogen) atoms. The molecule has 0 aliphatic heterocycles. The largest absolute Gasteiger partial charge is 0.378 e. The third kappa shape index (κ3) is 13.1. The van der Waals surface area contributed by atoms with Gasteiger partial charge in [-0.3, -0.25) is 0 Å². The Morgan fingerprint density at radius 2 is 1.32 bits per heavy atom. The first-order chi connectivity index (χ1) is 12.2. The van der Waals surface area contributed by atoms with Crippen molar-refractivity contribution in [3.05, 3.63) is 0 Å². The van der Waals surface area contributed by atoms with Crippen LogP contribution in [0.25, 0.3) is 0 Å². The number of halogens is 2. The minimum Gasteiger partial charge on any atom is -0.378 e. The zero-order chi connectivity index (χ0) is 18.2. The summed E-state index contributed by atoms with van der Waals surface area (Å²) < 4.78 is 5.97. The number of alkyl halides is 2. The second kappa shape index (κ2) is 16.4. The molecule has 4 heteroatoms. The number of carbonyl (C=O) groups is 1. The molecule has 1 rings (SSSR count). The second-order valence-corrected chi connectivity index (χ2v) is 8.75. The molecular weight excluding hydrogens is 355 g/mol. The molecule has 2 nitrogen and oxygen atoms in total. The van der Waals surface area contributed by atoms with Gasteiger partial charge in [0.25, 0.3) is 0 Å². The van der Waals surface area contributed by atoms with E-state index in [4.69, 9.17) is 27.9 Å². The van der Waals surface area contributed by atoms with E-state index in [9.17, 15) is 4.79 Å². The van der Waals surface area contributed by atoms with E-state index in [1.807, 2.05) is 0 Å². The monoisotopic (exact) mass is 392 g/mol. The van der Waals surface area contributed by atoms with Crippen molar-refractivity contribution in [3.63, 3.8) is 0 Å². The molecule has 0 N–H and O–H groups in total. The highest BCUT2D eigenvalue weighted by molar-refractivity contribution is 6.45. The molecule has 0 saturated heterocycles. The molecule has 1 fully saturated rings. The van der Waals surface area contributed by atoms with Crippen molar-refractivity contribution in [2.75, 3.05) is 6.61 Å². The molecule has 0 bridgehead atoms. The molecule has 0 heterocycles. The highest BCUT2D eigenvalue weighted by Crippen LogP contribution is 2.21. The van der Waals surface area contributed by atoms with Crippen molar-refractivity contribution in [3.8, 4) is 0 Å². The van der Waals surface area contributed by atoms with Gasteiger partial charge < -0.3 is 9.53 Å². The molecule has 0 radical (unpaired) electrons. The first-order valence-electron chi connectivity index (χ1n) is 10.6. The zero-order valence-electron chi connectivity index (χ0n) is 15.9. The van der Waals surface area contributed by atoms with Crippen molar-refractivity contribution < 1.29 is 9.53 Å². The average molecular weight is 393 g/mol. The van der Waals surface area contributed by atoms with Gasteiger partial charge in [0.1, 0.15) is 11.1 Å². The van der Waals surface area contributed by atoms with Gasteiger partial charge >= 0.3 is 0 Å². The van der Waals surface area contributed by atoms with Crippen LogP contribution in [0.4, 0.5) is 0 Å². The lowest BCUT2D eigenvalue weighted by Gasteiger charge is -2.21. The molecule has 1 aliphatic rings. The standard InChI is InChI=1S/C21H38Cl2O2/c22-21(23)19(18-24)14-10-7-5-3-1-2-4-6-8-13-17-25-20-15-11-9-12-16-20/h18-21H,1-17H2. The minimum atomic E-state index is -0.550. The number of carbonyl (C=O) groups excluding carboxylic acids is 1. The number of hydrogen-bond acceptors (Lipinski definition) is 2. The number of aldehydes is 1. The summed E-state index contributed by atoms with van der Waals surface area (Å²) in [6.45, 7) is 0.970. The molecule has 0 amide bonds. The van der Waals surface area contributed by atoms with Crippen molar-refractivity contribution in [1.29, 1.82) is 0 Å². The molecule has 0 aromatic rings. The van der Waals surface area contributed by atoms with Crippen LogP contribution in [0.3, 0.4) is 0 Å². The van der Waals surface area contributed by atoms with Crippen molar-refractivity contribution in [2.24, 2.45) is 5.92 Å². The molecule has 0 aromatic heterocycles. The SMILES string of the molecule is O=CC(CCCCCCCCCCCCOC1CCCCC1)C(Cl)Cl. The Balaban J connectivity index is 1.75. The lowest BCUT2D eigenvalue weighted by molar-refractivity contribution is -0.110. The fourth-order valence-corrected chi connectivity index (χ4v) is 4.00. The summed E-state index contributed by atoms with van der Waals surface area (Å²) in [5, 5.41) is 0. The summed E-state index contributed by atoms with van der Waals surface area (Å²) in [5.74, 6) is -0.189. The maximum atomic E-state index is 10.8. The van der Waals surface area contributed by atoms with Crippen molar-refractivity contribution in [2.45, 2.75) is 114 Å². The Hall–Kier alpha value is 0.210. The van der Waals surface area contributed by atoms with Crippen LogP contribution < -0.4 is 0 Å². The minimum absolute atomic E-state index is 0.189. The van der Waals surface area contributed by atoms with E-state index in [2.05, 4.69) is 0 Å². The summed E-state index contributed by atoms with van der Waals surface area (Å²) >= 11 is 11.5. The van der Waals surface area contributed by atoms with Gasteiger partial charge in [-0.15, -0.1) is 23.2 Å². The Labute approximate surface area is 165 Å². The topological polar surface area (TPSA) is 26.3 Å². The highest BCUT2D eigenvalue weighted by Gasteiger charge is 2.15. The van der Waals surface area contributed by atoms with E-state index in [1.165, 1.54) is 89.9 Å². The van der Waals surface area contributed by atoms with Crippen LogP contribution in [-0.4, -0.2) is 23.8 Å². The summed E-state index contributed by atoms with van der Waals surface area (Å²) in [6, 6.07) is 0. The maximum absolute atomic E-state index is 10.8. The van der Waals surface area contributed by atoms with Gasteiger partial charge in [-0.1, -0.05) is 77.0 Å². The van der Waals surface area contributed by atoms with Gasteiger partial charge in [0, 0.05) is 12.5 Å². The zero-order valence-corrected chi connectivity index (χ0v) is 17.4. The summed E-state index contributed by atoms with van der Waals surface area (Å²) in [4.78, 5) is 10.2. The van der Waals surface area contributed by atoms with Crippen LogP contribution in [0.1, 0.15) is 103 Å². The van der Waals surface area contributed by atoms with Crippen LogP contribution in [-0.2, 0) is 9.53 Å². The molecule has 1 atom stereocenters. The summed E-state index contributed by atoms with van der Waals surface area (Å²) in [7, 11) is 0. The predicted octanol–water partition coefficient (Wildman–Crippen LogP) is 7.25. The molecule has 1 unspecified atom stereocenters. The van der Waals surface area contributed by atoms with E-state index >= 15 is 0 Å². The quantitative estimate of drug-likeness (QED) is 0.157. The number of hydrogen-bond donors (Lipinski definition) is 0. The fourth-order valence-electron chi connectivity index (χ4n) is 3.63. The van der Waals surface area contributed by atoms with Crippen LogP contribution in [0, 0.1) is 5.92 Å². The fraction of sp³-hybridized carbons (Fsp3) is 0.952. The molecule has 0 spiro atoms. The molecule has 1 aliphatic carbocycles. The van der Waals surface area contributed by atoms with Crippen LogP contribution >= 0.6 is 23.2 Å². The third-order valence-corrected chi connectivity index (χ3v) is 5.98. The molecular formula is C21H38Cl2O2. The molecule has 0 aromatic carbocycles. The van der Waals surface area contributed by atoms with Crippen LogP contribution in [0.2, 0.25) is 0 Å². The Bertz CT molecular complexity index is 304. The Kier molecular flexibility index (Phi) is 15.2. The van der Waals surface area contributed by atoms with E-state index < -0.39 is 4.84 Å². The number of unbranched alkanes of at least 4 members (excludes halogenated alkanes) is 9. The van der Waals surface area contributed by atoms with E-state index in [1.54, 1.807) is 0 Å². The Morgan fingerprint density at radius 3 is 1.84 bits per heavy atom. The van der Waals surface area contributed by atoms with Gasteiger partial charge in [-0.25, -0.2) is 0 Å². The van der Waals surface area contributed by atoms with Gasteiger partial charge in [0.2, 0.25) is 0 Å². The second-order valence-electron chi connectivity index (χ2n) is 7.59. The predicted molar refractivity (Wildman–Crippen MR) is 109 cm³/mol. The lowest BCUT2D eigenvalue weighted by atomic mass is 9.98. The van der Waals surface area contributed by atoms with Crippen molar-refractivity contribution in [1.82, 2.24) is 0 Å². The smallest absolute Gasteiger partial charge is 0.125 e. The van der Waals surface area contributed by atoms with Crippen LogP contribution in [0.15, 0.2) is 0 Å². The first kappa shape index (κ1) is 23.2. The first-order valence-corrected chi connectivity index (χ1v) is 11.5. The number of ether oxygens (including phenoxy) is 1. The average Bonchev–Trinajstić information content (AvgIpc) is 2.62.